The molecule has 1 aliphatic heterocycles. The third-order valence-electron chi connectivity index (χ3n) is 4.38. The molecule has 0 aliphatic carbocycles. The molecule has 0 spiro atoms. The van der Waals surface area contributed by atoms with Crippen molar-refractivity contribution in [3.05, 3.63) is 59.7 Å². The zero-order valence-electron chi connectivity index (χ0n) is 13.7. The van der Waals surface area contributed by atoms with Crippen molar-refractivity contribution < 1.29 is 14.6 Å². The number of ether oxygens (including phenoxy) is 1. The maximum Gasteiger partial charge on any atom is 0.335 e. The van der Waals surface area contributed by atoms with Crippen molar-refractivity contribution in [2.24, 2.45) is 0 Å². The van der Waals surface area contributed by atoms with E-state index in [0.29, 0.717) is 18.2 Å². The fourth-order valence-electron chi connectivity index (χ4n) is 3.11. The fraction of sp³-hybridized carbons (Fsp3) is 0.316. The lowest BCUT2D eigenvalue weighted by atomic mass is 10.1. The van der Waals surface area contributed by atoms with E-state index in [0.717, 1.165) is 36.5 Å². The van der Waals surface area contributed by atoms with Crippen LogP contribution in [0.2, 0.25) is 0 Å². The van der Waals surface area contributed by atoms with Gasteiger partial charge in [0.25, 0.3) is 0 Å². The zero-order chi connectivity index (χ0) is 16.9. The first-order valence-electron chi connectivity index (χ1n) is 8.11. The van der Waals surface area contributed by atoms with Gasteiger partial charge < -0.3 is 20.1 Å². The maximum atomic E-state index is 11.0. The number of hydrogen-bond donors (Lipinski definition) is 2. The van der Waals surface area contributed by atoms with E-state index in [1.807, 2.05) is 24.3 Å². The molecule has 5 nitrogen and oxygen atoms in total. The minimum absolute atomic E-state index is 0.330. The Labute approximate surface area is 141 Å². The van der Waals surface area contributed by atoms with Crippen LogP contribution in [0.1, 0.15) is 22.3 Å². The summed E-state index contributed by atoms with van der Waals surface area (Å²) in [7, 11) is 1.69. The summed E-state index contributed by atoms with van der Waals surface area (Å²) in [6, 6.07) is 15.5. The minimum atomic E-state index is -0.889. The van der Waals surface area contributed by atoms with Gasteiger partial charge in [0.05, 0.1) is 18.4 Å². The normalized spacial score (nSPS) is 17.0. The van der Waals surface area contributed by atoms with E-state index in [1.165, 1.54) is 0 Å². The molecule has 24 heavy (non-hydrogen) atoms. The van der Waals surface area contributed by atoms with Crippen LogP contribution in [0.3, 0.4) is 0 Å². The summed E-state index contributed by atoms with van der Waals surface area (Å²) in [5.41, 5.74) is 2.44. The van der Waals surface area contributed by atoms with Crippen LogP contribution in [0, 0.1) is 0 Å². The molecule has 0 aromatic heterocycles. The average Bonchev–Trinajstić information content (AvgIpc) is 3.09. The molecule has 1 heterocycles. The summed E-state index contributed by atoms with van der Waals surface area (Å²) in [5.74, 6) is 0.00683. The molecule has 1 fully saturated rings. The second-order valence-electron chi connectivity index (χ2n) is 5.99. The summed E-state index contributed by atoms with van der Waals surface area (Å²) in [6.07, 6.45) is 1.05. The molecule has 0 saturated carbocycles. The summed E-state index contributed by atoms with van der Waals surface area (Å²) in [5, 5.41) is 12.6. The van der Waals surface area contributed by atoms with E-state index < -0.39 is 5.97 Å². The highest BCUT2D eigenvalue weighted by molar-refractivity contribution is 5.87. The Balaban J connectivity index is 1.59. The highest BCUT2D eigenvalue weighted by atomic mass is 16.5. The molecule has 1 unspecified atom stereocenters. The van der Waals surface area contributed by atoms with Gasteiger partial charge in [-0.25, -0.2) is 4.79 Å². The van der Waals surface area contributed by atoms with Gasteiger partial charge in [0.1, 0.15) is 5.75 Å². The molecule has 1 aliphatic rings. The van der Waals surface area contributed by atoms with E-state index in [9.17, 15) is 4.79 Å². The molecule has 126 valence electrons. The number of carboxylic acid groups (broad SMARTS) is 1. The SMILES string of the molecule is COc1ccccc1N1CCC(NCc2cccc(C(=O)O)c2)C1. The van der Waals surface area contributed by atoms with Gasteiger partial charge >= 0.3 is 5.97 Å². The van der Waals surface area contributed by atoms with Crippen molar-refractivity contribution in [1.82, 2.24) is 5.32 Å². The Morgan fingerprint density at radius 3 is 2.92 bits per heavy atom. The smallest absolute Gasteiger partial charge is 0.335 e. The first kappa shape index (κ1) is 16.3. The molecule has 1 saturated heterocycles. The van der Waals surface area contributed by atoms with Crippen molar-refractivity contribution in [2.75, 3.05) is 25.1 Å². The highest BCUT2D eigenvalue weighted by Gasteiger charge is 2.24. The van der Waals surface area contributed by atoms with Crippen LogP contribution >= 0.6 is 0 Å². The number of carbonyl (C=O) groups is 1. The van der Waals surface area contributed by atoms with Crippen LogP contribution in [-0.2, 0) is 6.54 Å². The summed E-state index contributed by atoms with van der Waals surface area (Å²) < 4.78 is 5.44. The van der Waals surface area contributed by atoms with E-state index in [4.69, 9.17) is 9.84 Å². The number of anilines is 1. The Morgan fingerprint density at radius 1 is 1.29 bits per heavy atom. The topological polar surface area (TPSA) is 61.8 Å². The van der Waals surface area contributed by atoms with E-state index >= 15 is 0 Å². The molecule has 3 rings (SSSR count). The van der Waals surface area contributed by atoms with E-state index in [1.54, 1.807) is 25.3 Å². The molecule has 2 aromatic carbocycles. The van der Waals surface area contributed by atoms with Crippen molar-refractivity contribution >= 4 is 11.7 Å². The van der Waals surface area contributed by atoms with Gasteiger partial charge in [-0.3, -0.25) is 0 Å². The third-order valence-corrected chi connectivity index (χ3v) is 4.38. The molecule has 5 heteroatoms. The Kier molecular flexibility index (Phi) is 5.01. The van der Waals surface area contributed by atoms with Gasteiger partial charge in [-0.2, -0.15) is 0 Å². The first-order chi connectivity index (χ1) is 11.7. The number of aromatic carboxylic acids is 1. The number of hydrogen-bond acceptors (Lipinski definition) is 4. The van der Waals surface area contributed by atoms with Gasteiger partial charge in [0.2, 0.25) is 0 Å². The lowest BCUT2D eigenvalue weighted by molar-refractivity contribution is 0.0696. The number of nitrogens with zero attached hydrogens (tertiary/aromatic N) is 1. The predicted molar refractivity (Wildman–Crippen MR) is 93.9 cm³/mol. The fourth-order valence-corrected chi connectivity index (χ4v) is 3.11. The van der Waals surface area contributed by atoms with Crippen LogP contribution in [-0.4, -0.2) is 37.3 Å². The lowest BCUT2D eigenvalue weighted by Gasteiger charge is -2.21. The number of nitrogens with one attached hydrogen (secondary N) is 1. The quantitative estimate of drug-likeness (QED) is 0.855. The van der Waals surface area contributed by atoms with Gasteiger partial charge in [-0.05, 0) is 36.2 Å². The standard InChI is InChI=1S/C19H22N2O3/c1-24-18-8-3-2-7-17(18)21-10-9-16(13-21)20-12-14-5-4-6-15(11-14)19(22)23/h2-8,11,16,20H,9-10,12-13H2,1H3,(H,22,23). The second kappa shape index (κ2) is 7.36. The predicted octanol–water partition coefficient (Wildman–Crippen LogP) is 2.76. The van der Waals surface area contributed by atoms with Crippen molar-refractivity contribution in [3.63, 3.8) is 0 Å². The van der Waals surface area contributed by atoms with Crippen LogP contribution in [0.4, 0.5) is 5.69 Å². The van der Waals surface area contributed by atoms with Gasteiger partial charge in [0, 0.05) is 25.7 Å². The molecule has 0 bridgehead atoms. The Bertz CT molecular complexity index is 717. The first-order valence-corrected chi connectivity index (χ1v) is 8.11. The molecule has 2 N–H and O–H groups in total. The molecular formula is C19H22N2O3. The molecule has 0 amide bonds. The third kappa shape index (κ3) is 3.68. The van der Waals surface area contributed by atoms with E-state index in [2.05, 4.69) is 16.3 Å². The van der Waals surface area contributed by atoms with E-state index in [-0.39, 0.29) is 0 Å². The monoisotopic (exact) mass is 326 g/mol. The second-order valence-corrected chi connectivity index (χ2v) is 5.99. The molecule has 0 radical (unpaired) electrons. The summed E-state index contributed by atoms with van der Waals surface area (Å²) in [4.78, 5) is 13.4. The van der Waals surface area contributed by atoms with Gasteiger partial charge in [-0.1, -0.05) is 24.3 Å². The van der Waals surface area contributed by atoms with Crippen LogP contribution < -0.4 is 15.0 Å². The summed E-state index contributed by atoms with van der Waals surface area (Å²) >= 11 is 0. The number of carboxylic acids is 1. The number of rotatable bonds is 6. The van der Waals surface area contributed by atoms with Crippen LogP contribution in [0.15, 0.2) is 48.5 Å². The minimum Gasteiger partial charge on any atom is -0.495 e. The van der Waals surface area contributed by atoms with Gasteiger partial charge in [0.15, 0.2) is 0 Å². The zero-order valence-corrected chi connectivity index (χ0v) is 13.7. The molecule has 1 atom stereocenters. The number of benzene rings is 2. The number of para-hydroxylation sites is 2. The largest absolute Gasteiger partial charge is 0.495 e. The molecule has 2 aromatic rings. The van der Waals surface area contributed by atoms with Crippen LogP contribution in [0.25, 0.3) is 0 Å². The highest BCUT2D eigenvalue weighted by Crippen LogP contribution is 2.30. The van der Waals surface area contributed by atoms with Crippen molar-refractivity contribution in [2.45, 2.75) is 19.0 Å². The van der Waals surface area contributed by atoms with Gasteiger partial charge in [-0.15, -0.1) is 0 Å². The Hall–Kier alpha value is -2.53. The van der Waals surface area contributed by atoms with Crippen LogP contribution in [0.5, 0.6) is 5.75 Å². The lowest BCUT2D eigenvalue weighted by Crippen LogP contribution is -2.32. The maximum absolute atomic E-state index is 11.0. The summed E-state index contributed by atoms with van der Waals surface area (Å²) in [6.45, 7) is 2.57. The Morgan fingerprint density at radius 2 is 2.12 bits per heavy atom. The molecular weight excluding hydrogens is 304 g/mol. The van der Waals surface area contributed by atoms with Crippen molar-refractivity contribution in [1.29, 1.82) is 0 Å². The average molecular weight is 326 g/mol. The number of methoxy groups -OCH3 is 1. The van der Waals surface area contributed by atoms with Crippen molar-refractivity contribution in [3.8, 4) is 5.75 Å².